The molecule has 0 radical (unpaired) electrons. The van der Waals surface area contributed by atoms with Crippen LogP contribution in [0, 0.1) is 0 Å². The van der Waals surface area contributed by atoms with Crippen molar-refractivity contribution >= 4 is 6.08 Å². The first-order valence-corrected chi connectivity index (χ1v) is 6.21. The number of benzene rings is 1. The van der Waals surface area contributed by atoms with Crippen LogP contribution >= 0.6 is 0 Å². The summed E-state index contributed by atoms with van der Waals surface area (Å²) in [6.45, 7) is 0. The van der Waals surface area contributed by atoms with Crippen LogP contribution in [0.15, 0.2) is 54.9 Å². The van der Waals surface area contributed by atoms with Gasteiger partial charge >= 0.3 is 105 Å². The van der Waals surface area contributed by atoms with E-state index >= 15 is 0 Å². The van der Waals surface area contributed by atoms with Crippen molar-refractivity contribution in [2.45, 2.75) is 3.25 Å². The fourth-order valence-corrected chi connectivity index (χ4v) is 3.22. The monoisotopic (exact) mass is 340 g/mol. The topological polar surface area (TPSA) is 4.93 Å². The number of hydrogen-bond acceptors (Lipinski definition) is 0. The molecule has 0 bridgehead atoms. The minimum atomic E-state index is 0. The molecule has 0 aliphatic heterocycles. The Morgan fingerprint density at radius 3 is 2.29 bits per heavy atom. The number of allylic oxidation sites excluding steroid dienone is 1. The van der Waals surface area contributed by atoms with Crippen molar-refractivity contribution in [2.24, 2.45) is 0 Å². The van der Waals surface area contributed by atoms with Crippen molar-refractivity contribution < 1.29 is 49.5 Å². The Kier molecular flexibility index (Phi) is 4.83. The molecular weight excluding hydrogens is 332 g/mol. The van der Waals surface area contributed by atoms with Crippen molar-refractivity contribution in [3.63, 3.8) is 0 Å². The molecule has 0 saturated carbocycles. The Morgan fingerprint density at radius 1 is 0.941 bits per heavy atom. The molecule has 1 heterocycles. The molecule has 2 aromatic rings. The van der Waals surface area contributed by atoms with E-state index in [-0.39, 0.29) is 28.1 Å². The minimum absolute atomic E-state index is 0. The van der Waals surface area contributed by atoms with Crippen molar-refractivity contribution in [1.29, 1.82) is 0 Å². The fraction of sp³-hybridized carbons (Fsp3) is 0.0769. The van der Waals surface area contributed by atoms with Gasteiger partial charge in [0.05, 0.1) is 0 Å². The van der Waals surface area contributed by atoms with E-state index in [9.17, 15) is 0 Å². The van der Waals surface area contributed by atoms with Crippen molar-refractivity contribution in [3.8, 4) is 0 Å². The summed E-state index contributed by atoms with van der Waals surface area (Å²) < 4.78 is 2.36. The average Bonchev–Trinajstić information content (AvgIpc) is 2.88. The van der Waals surface area contributed by atoms with E-state index < -0.39 is 0 Å². The molecule has 1 nitrogen and oxygen atoms in total. The third kappa shape index (κ3) is 2.31. The van der Waals surface area contributed by atoms with Crippen LogP contribution in [-0.4, -0.2) is 4.57 Å². The summed E-state index contributed by atoms with van der Waals surface area (Å²) in [6.07, 6.45) is 8.81. The molecule has 1 aromatic carbocycles. The zero-order valence-electron chi connectivity index (χ0n) is 8.98. The van der Waals surface area contributed by atoms with Gasteiger partial charge in [0.25, 0.3) is 0 Å². The predicted molar refractivity (Wildman–Crippen MR) is 57.0 cm³/mol. The van der Waals surface area contributed by atoms with Gasteiger partial charge in [-0.05, 0) is 0 Å². The van der Waals surface area contributed by atoms with E-state index in [1.165, 1.54) is 35.8 Å². The van der Waals surface area contributed by atoms with Crippen molar-refractivity contribution in [3.05, 3.63) is 66.0 Å². The maximum atomic E-state index is 2.30. The van der Waals surface area contributed by atoms with Gasteiger partial charge in [0.15, 0.2) is 0 Å². The van der Waals surface area contributed by atoms with Gasteiger partial charge in [-0.2, -0.15) is 0 Å². The Balaban J connectivity index is 0.000000722. The Bertz CT molecular complexity index is 522. The van der Waals surface area contributed by atoms with Gasteiger partial charge < -0.3 is 24.8 Å². The Labute approximate surface area is 129 Å². The second kappa shape index (κ2) is 5.56. The normalized spacial score (nSPS) is 20.4. The Hall–Kier alpha value is -0.297. The molecule has 4 heteroatoms. The molecule has 0 spiro atoms. The molecule has 1 aliphatic rings. The van der Waals surface area contributed by atoms with Crippen LogP contribution in [-0.2, 0) is 28.0 Å². The van der Waals surface area contributed by atoms with E-state index in [0.29, 0.717) is 0 Å². The van der Waals surface area contributed by atoms with Gasteiger partial charge in [-0.3, -0.25) is 0 Å². The summed E-state index contributed by atoms with van der Waals surface area (Å²) in [4.78, 5) is 0. The van der Waals surface area contributed by atoms with Crippen molar-refractivity contribution in [1.82, 2.24) is 4.57 Å². The van der Waals surface area contributed by atoms with Crippen LogP contribution in [0.5, 0.6) is 0 Å². The quantitative estimate of drug-likeness (QED) is 0.514. The SMILES string of the molecule is [Cl-].[Cl-].[Zr+2][C]1(n2cccc2)C=Cc2ccccc21. The summed E-state index contributed by atoms with van der Waals surface area (Å²) in [5.74, 6) is 0. The van der Waals surface area contributed by atoms with Crippen LogP contribution in [0.3, 0.4) is 0 Å². The first-order chi connectivity index (χ1) is 7.31. The van der Waals surface area contributed by atoms with Crippen LogP contribution in [0.2, 0.25) is 0 Å². The molecule has 1 unspecified atom stereocenters. The van der Waals surface area contributed by atoms with E-state index in [0.717, 1.165) is 0 Å². The van der Waals surface area contributed by atoms with E-state index in [2.05, 4.69) is 65.5 Å². The van der Waals surface area contributed by atoms with Gasteiger partial charge in [-0.15, -0.1) is 0 Å². The third-order valence-corrected chi connectivity index (χ3v) is 4.59. The molecule has 3 rings (SSSR count). The second-order valence-corrected chi connectivity index (χ2v) is 5.65. The van der Waals surface area contributed by atoms with Gasteiger partial charge in [0, 0.05) is 0 Å². The van der Waals surface area contributed by atoms with Crippen LogP contribution in [0.1, 0.15) is 11.1 Å². The molecule has 0 saturated heterocycles. The molecule has 85 valence electrons. The number of nitrogens with zero attached hydrogens (tertiary/aromatic N) is 1. The summed E-state index contributed by atoms with van der Waals surface area (Å²) in [6, 6.07) is 12.8. The molecule has 1 atom stereocenters. The molecular formula is C13H10Cl2NZr. The molecule has 0 N–H and O–H groups in total. The molecule has 0 amide bonds. The summed E-state index contributed by atoms with van der Waals surface area (Å²) in [5, 5.41) is 0. The summed E-state index contributed by atoms with van der Waals surface area (Å²) in [5.41, 5.74) is 2.77. The summed E-state index contributed by atoms with van der Waals surface area (Å²) >= 11 is 1.50. The second-order valence-electron chi connectivity index (χ2n) is 3.78. The van der Waals surface area contributed by atoms with Gasteiger partial charge in [0.2, 0.25) is 0 Å². The molecule has 1 aliphatic carbocycles. The zero-order chi connectivity index (χ0) is 10.3. The van der Waals surface area contributed by atoms with E-state index in [1.807, 2.05) is 0 Å². The maximum absolute atomic E-state index is 2.30. The number of aromatic nitrogens is 1. The first-order valence-electron chi connectivity index (χ1n) is 4.98. The Morgan fingerprint density at radius 2 is 1.59 bits per heavy atom. The number of halogens is 2. The third-order valence-electron chi connectivity index (χ3n) is 2.89. The zero-order valence-corrected chi connectivity index (χ0v) is 12.9. The fourth-order valence-electron chi connectivity index (χ4n) is 2.08. The van der Waals surface area contributed by atoms with E-state index in [4.69, 9.17) is 0 Å². The molecule has 0 fully saturated rings. The number of hydrogen-bond donors (Lipinski definition) is 0. The molecule has 1 aromatic heterocycles. The van der Waals surface area contributed by atoms with Crippen LogP contribution in [0.25, 0.3) is 6.08 Å². The molecule has 17 heavy (non-hydrogen) atoms. The number of fused-ring (bicyclic) bond motifs is 1. The standard InChI is InChI=1S/C13H10N.2ClH.Zr/c1-2-6-12-11(5-1)7-8-13(12)14-9-3-4-10-14;;;/h1-10H;2*1H;/q;;;+2/p-2. The van der Waals surface area contributed by atoms with Gasteiger partial charge in [-0.1, -0.05) is 0 Å². The predicted octanol–water partition coefficient (Wildman–Crippen LogP) is -3.23. The van der Waals surface area contributed by atoms with Gasteiger partial charge in [0.1, 0.15) is 0 Å². The van der Waals surface area contributed by atoms with Crippen LogP contribution < -0.4 is 24.8 Å². The first kappa shape index (κ1) is 14.8. The number of rotatable bonds is 1. The van der Waals surface area contributed by atoms with Gasteiger partial charge in [-0.25, -0.2) is 0 Å². The van der Waals surface area contributed by atoms with Crippen LogP contribution in [0.4, 0.5) is 0 Å². The van der Waals surface area contributed by atoms with Crippen molar-refractivity contribution in [2.75, 3.05) is 0 Å². The summed E-state index contributed by atoms with van der Waals surface area (Å²) in [7, 11) is 0. The average molecular weight is 342 g/mol. The van der Waals surface area contributed by atoms with E-state index in [1.54, 1.807) is 0 Å².